The zero-order chi connectivity index (χ0) is 16.2. The number of para-hydroxylation sites is 1. The van der Waals surface area contributed by atoms with Gasteiger partial charge in [0, 0.05) is 5.56 Å². The number of nitrogen functional groups attached to an aromatic ring is 1. The van der Waals surface area contributed by atoms with Gasteiger partial charge in [0.15, 0.2) is 5.15 Å². The Balaban J connectivity index is 2.02. The molecule has 1 aromatic heterocycles. The van der Waals surface area contributed by atoms with Crippen LogP contribution in [0.4, 0.5) is 5.95 Å². The van der Waals surface area contributed by atoms with E-state index in [1.165, 1.54) is 0 Å². The van der Waals surface area contributed by atoms with Crippen LogP contribution in [0.1, 0.15) is 5.56 Å². The lowest BCUT2D eigenvalue weighted by molar-refractivity contribution is 0.483. The van der Waals surface area contributed by atoms with Crippen molar-refractivity contribution in [3.63, 3.8) is 0 Å². The van der Waals surface area contributed by atoms with Crippen molar-refractivity contribution in [2.75, 3.05) is 5.73 Å². The quantitative estimate of drug-likeness (QED) is 0.735. The molecule has 0 aliphatic heterocycles. The van der Waals surface area contributed by atoms with Crippen molar-refractivity contribution in [2.24, 2.45) is 0 Å². The third-order valence-electron chi connectivity index (χ3n) is 3.08. The van der Waals surface area contributed by atoms with Crippen molar-refractivity contribution >= 4 is 17.5 Å². The normalized spacial score (nSPS) is 10.1. The fourth-order valence-corrected chi connectivity index (χ4v) is 2.31. The van der Waals surface area contributed by atoms with Crippen LogP contribution in [0, 0.1) is 11.3 Å². The number of anilines is 1. The van der Waals surface area contributed by atoms with Gasteiger partial charge in [0.25, 0.3) is 0 Å². The average Bonchev–Trinajstić information content (AvgIpc) is 2.55. The first-order chi connectivity index (χ1) is 11.2. The van der Waals surface area contributed by atoms with E-state index in [1.54, 1.807) is 18.2 Å². The van der Waals surface area contributed by atoms with Gasteiger partial charge in [-0.15, -0.1) is 0 Å². The van der Waals surface area contributed by atoms with Crippen LogP contribution in [0.3, 0.4) is 0 Å². The van der Waals surface area contributed by atoms with Gasteiger partial charge >= 0.3 is 0 Å². The second-order valence-electron chi connectivity index (χ2n) is 4.65. The fraction of sp³-hybridized carbons (Fsp3) is 0. The smallest absolute Gasteiger partial charge is 0.222 e. The van der Waals surface area contributed by atoms with Crippen LogP contribution in [-0.2, 0) is 0 Å². The molecule has 0 spiro atoms. The standard InChI is InChI=1S/C17H11ClN4O/c18-16-14(10-19)15(21-17(20)22-16)11-5-4-8-13(9-11)23-12-6-2-1-3-7-12/h1-9H,(H2,20,21,22). The van der Waals surface area contributed by atoms with Gasteiger partial charge in [-0.25, -0.2) is 4.98 Å². The molecule has 3 rings (SSSR count). The molecule has 6 heteroatoms. The van der Waals surface area contributed by atoms with Crippen molar-refractivity contribution in [3.8, 4) is 28.8 Å². The molecule has 0 unspecified atom stereocenters. The average molecular weight is 323 g/mol. The van der Waals surface area contributed by atoms with Crippen molar-refractivity contribution < 1.29 is 4.74 Å². The lowest BCUT2D eigenvalue weighted by atomic mass is 10.1. The molecule has 0 radical (unpaired) electrons. The molecule has 0 saturated carbocycles. The monoisotopic (exact) mass is 322 g/mol. The second-order valence-corrected chi connectivity index (χ2v) is 5.01. The van der Waals surface area contributed by atoms with E-state index in [0.717, 1.165) is 0 Å². The van der Waals surface area contributed by atoms with Crippen LogP contribution in [-0.4, -0.2) is 9.97 Å². The van der Waals surface area contributed by atoms with Crippen molar-refractivity contribution in [1.29, 1.82) is 5.26 Å². The summed E-state index contributed by atoms with van der Waals surface area (Å²) in [6.07, 6.45) is 0. The molecule has 23 heavy (non-hydrogen) atoms. The number of nitriles is 1. The van der Waals surface area contributed by atoms with Crippen LogP contribution < -0.4 is 10.5 Å². The molecule has 0 saturated heterocycles. The van der Waals surface area contributed by atoms with Gasteiger partial charge in [0.2, 0.25) is 5.95 Å². The van der Waals surface area contributed by atoms with Gasteiger partial charge in [0.05, 0.1) is 5.69 Å². The highest BCUT2D eigenvalue weighted by Gasteiger charge is 2.14. The van der Waals surface area contributed by atoms with Gasteiger partial charge < -0.3 is 10.5 Å². The zero-order valence-corrected chi connectivity index (χ0v) is 12.7. The second kappa shape index (κ2) is 6.34. The number of nitrogens with two attached hydrogens (primary N) is 1. The molecule has 0 aliphatic rings. The molecule has 0 atom stereocenters. The van der Waals surface area contributed by atoms with E-state index in [0.29, 0.717) is 22.8 Å². The Bertz CT molecular complexity index is 891. The molecule has 1 heterocycles. The van der Waals surface area contributed by atoms with Crippen LogP contribution in [0.25, 0.3) is 11.3 Å². The fourth-order valence-electron chi connectivity index (χ4n) is 2.09. The van der Waals surface area contributed by atoms with E-state index in [4.69, 9.17) is 22.1 Å². The van der Waals surface area contributed by atoms with E-state index in [-0.39, 0.29) is 16.7 Å². The molecule has 0 aliphatic carbocycles. The molecule has 2 aromatic carbocycles. The van der Waals surface area contributed by atoms with Gasteiger partial charge in [-0.05, 0) is 24.3 Å². The maximum absolute atomic E-state index is 9.27. The minimum Gasteiger partial charge on any atom is -0.457 e. The predicted molar refractivity (Wildman–Crippen MR) is 88.1 cm³/mol. The summed E-state index contributed by atoms with van der Waals surface area (Å²) < 4.78 is 5.78. The number of rotatable bonds is 3. The molecule has 0 fully saturated rings. The summed E-state index contributed by atoms with van der Waals surface area (Å²) >= 11 is 5.97. The number of hydrogen-bond acceptors (Lipinski definition) is 5. The summed E-state index contributed by atoms with van der Waals surface area (Å²) in [4.78, 5) is 7.93. The highest BCUT2D eigenvalue weighted by Crippen LogP contribution is 2.30. The molecule has 5 nitrogen and oxygen atoms in total. The van der Waals surface area contributed by atoms with E-state index in [1.807, 2.05) is 42.5 Å². The lowest BCUT2D eigenvalue weighted by Gasteiger charge is -2.09. The Morgan fingerprint density at radius 2 is 1.74 bits per heavy atom. The summed E-state index contributed by atoms with van der Waals surface area (Å²) in [5, 5.41) is 9.30. The number of aromatic nitrogens is 2. The molecular weight excluding hydrogens is 312 g/mol. The summed E-state index contributed by atoms with van der Waals surface area (Å²) in [6, 6.07) is 18.6. The van der Waals surface area contributed by atoms with Gasteiger partial charge in [-0.3, -0.25) is 0 Å². The topological polar surface area (TPSA) is 84.8 Å². The summed E-state index contributed by atoms with van der Waals surface area (Å²) in [6.45, 7) is 0. The lowest BCUT2D eigenvalue weighted by Crippen LogP contribution is -2.00. The Morgan fingerprint density at radius 3 is 2.48 bits per heavy atom. The Labute approximate surface area is 137 Å². The van der Waals surface area contributed by atoms with E-state index in [9.17, 15) is 5.26 Å². The first-order valence-electron chi connectivity index (χ1n) is 6.74. The van der Waals surface area contributed by atoms with Crippen LogP contribution >= 0.6 is 11.6 Å². The predicted octanol–water partition coefficient (Wildman–Crippen LogP) is 4.04. The third-order valence-corrected chi connectivity index (χ3v) is 3.35. The largest absolute Gasteiger partial charge is 0.457 e. The third kappa shape index (κ3) is 3.23. The van der Waals surface area contributed by atoms with Gasteiger partial charge in [0.1, 0.15) is 23.1 Å². The van der Waals surface area contributed by atoms with Crippen molar-refractivity contribution in [3.05, 3.63) is 65.3 Å². The Hall–Kier alpha value is -3.10. The highest BCUT2D eigenvalue weighted by molar-refractivity contribution is 6.31. The molecular formula is C17H11ClN4O. The Kier molecular flexibility index (Phi) is 4.09. The van der Waals surface area contributed by atoms with Crippen LogP contribution in [0.2, 0.25) is 5.15 Å². The van der Waals surface area contributed by atoms with E-state index < -0.39 is 0 Å². The number of benzene rings is 2. The summed E-state index contributed by atoms with van der Waals surface area (Å²) in [5.41, 5.74) is 6.86. The van der Waals surface area contributed by atoms with Crippen molar-refractivity contribution in [1.82, 2.24) is 9.97 Å². The number of hydrogen-bond donors (Lipinski definition) is 1. The molecule has 0 bridgehead atoms. The Morgan fingerprint density at radius 1 is 1.00 bits per heavy atom. The first kappa shape index (κ1) is 14.8. The molecule has 112 valence electrons. The molecule has 2 N–H and O–H groups in total. The number of ether oxygens (including phenoxy) is 1. The SMILES string of the molecule is N#Cc1c(Cl)nc(N)nc1-c1cccc(Oc2ccccc2)c1. The minimum atomic E-state index is 0.0124. The summed E-state index contributed by atoms with van der Waals surface area (Å²) in [5.74, 6) is 1.34. The summed E-state index contributed by atoms with van der Waals surface area (Å²) in [7, 11) is 0. The molecule has 0 amide bonds. The van der Waals surface area contributed by atoms with E-state index >= 15 is 0 Å². The van der Waals surface area contributed by atoms with Crippen LogP contribution in [0.5, 0.6) is 11.5 Å². The van der Waals surface area contributed by atoms with E-state index in [2.05, 4.69) is 9.97 Å². The molecule has 3 aromatic rings. The zero-order valence-electron chi connectivity index (χ0n) is 11.9. The van der Waals surface area contributed by atoms with Gasteiger partial charge in [-0.1, -0.05) is 41.9 Å². The minimum absolute atomic E-state index is 0.0124. The number of nitrogens with zero attached hydrogens (tertiary/aromatic N) is 3. The van der Waals surface area contributed by atoms with Crippen molar-refractivity contribution in [2.45, 2.75) is 0 Å². The number of halogens is 1. The van der Waals surface area contributed by atoms with Gasteiger partial charge in [-0.2, -0.15) is 10.2 Å². The maximum atomic E-state index is 9.27. The van der Waals surface area contributed by atoms with Crippen LogP contribution in [0.15, 0.2) is 54.6 Å². The highest BCUT2D eigenvalue weighted by atomic mass is 35.5. The maximum Gasteiger partial charge on any atom is 0.222 e. The first-order valence-corrected chi connectivity index (χ1v) is 7.11.